The molecule has 0 bridgehead atoms. The summed E-state index contributed by atoms with van der Waals surface area (Å²) in [5, 5.41) is 7.57. The predicted molar refractivity (Wildman–Crippen MR) is 131 cm³/mol. The molecule has 0 saturated carbocycles. The van der Waals surface area contributed by atoms with Crippen LogP contribution < -0.4 is 25.1 Å². The SMILES string of the molecule is COc1cc(C(=O)NCCn2ncc3c(=O)n(Cc4cccc(C)c4)cnc32)cc(OC)c1OC. The van der Waals surface area contributed by atoms with Crippen molar-refractivity contribution in [3.63, 3.8) is 0 Å². The highest BCUT2D eigenvalue weighted by molar-refractivity contribution is 5.95. The number of hydrogen-bond acceptors (Lipinski definition) is 7. The van der Waals surface area contributed by atoms with E-state index in [1.54, 1.807) is 21.4 Å². The second-order valence-corrected chi connectivity index (χ2v) is 7.94. The van der Waals surface area contributed by atoms with Crippen LogP contribution in [-0.4, -0.2) is 53.1 Å². The molecule has 10 heteroatoms. The molecule has 2 aromatic heterocycles. The quantitative estimate of drug-likeness (QED) is 0.394. The molecule has 2 aromatic carbocycles. The van der Waals surface area contributed by atoms with Crippen LogP contribution in [0.4, 0.5) is 0 Å². The van der Waals surface area contributed by atoms with Crippen LogP contribution in [-0.2, 0) is 13.1 Å². The summed E-state index contributed by atoms with van der Waals surface area (Å²) in [4.78, 5) is 30.1. The van der Waals surface area contributed by atoms with Crippen molar-refractivity contribution >= 4 is 16.9 Å². The van der Waals surface area contributed by atoms with Crippen molar-refractivity contribution in [1.82, 2.24) is 24.6 Å². The number of benzene rings is 2. The van der Waals surface area contributed by atoms with Gasteiger partial charge in [-0.25, -0.2) is 9.67 Å². The average Bonchev–Trinajstić information content (AvgIpc) is 3.28. The highest BCUT2D eigenvalue weighted by Crippen LogP contribution is 2.38. The molecule has 1 amide bonds. The van der Waals surface area contributed by atoms with Gasteiger partial charge < -0.3 is 19.5 Å². The first-order valence-corrected chi connectivity index (χ1v) is 11.0. The zero-order valence-corrected chi connectivity index (χ0v) is 20.1. The number of carbonyl (C=O) groups is 1. The summed E-state index contributed by atoms with van der Waals surface area (Å²) in [6.07, 6.45) is 3.04. The van der Waals surface area contributed by atoms with Crippen LogP contribution in [0.1, 0.15) is 21.5 Å². The lowest BCUT2D eigenvalue weighted by Crippen LogP contribution is -2.28. The Bertz CT molecular complexity index is 1400. The van der Waals surface area contributed by atoms with Crippen LogP contribution in [0.25, 0.3) is 11.0 Å². The Balaban J connectivity index is 1.46. The van der Waals surface area contributed by atoms with Gasteiger partial charge in [0.2, 0.25) is 5.75 Å². The summed E-state index contributed by atoms with van der Waals surface area (Å²) < 4.78 is 19.1. The Morgan fingerprint density at radius 1 is 1.06 bits per heavy atom. The molecule has 10 nitrogen and oxygen atoms in total. The molecule has 0 radical (unpaired) electrons. The minimum absolute atomic E-state index is 0.163. The van der Waals surface area contributed by atoms with Crippen molar-refractivity contribution in [1.29, 1.82) is 0 Å². The highest BCUT2D eigenvalue weighted by Gasteiger charge is 2.17. The number of aromatic nitrogens is 4. The minimum atomic E-state index is -0.311. The fourth-order valence-electron chi connectivity index (χ4n) is 3.87. The number of aryl methyl sites for hydroxylation is 1. The van der Waals surface area contributed by atoms with Gasteiger partial charge >= 0.3 is 0 Å². The van der Waals surface area contributed by atoms with Gasteiger partial charge in [-0.05, 0) is 24.6 Å². The predicted octanol–water partition coefficient (Wildman–Crippen LogP) is 2.41. The van der Waals surface area contributed by atoms with Gasteiger partial charge in [-0.15, -0.1) is 0 Å². The molecule has 1 N–H and O–H groups in total. The molecule has 2 heterocycles. The summed E-state index contributed by atoms with van der Waals surface area (Å²) in [7, 11) is 4.48. The number of hydrogen-bond donors (Lipinski definition) is 1. The van der Waals surface area contributed by atoms with Crippen molar-refractivity contribution in [2.24, 2.45) is 0 Å². The summed E-state index contributed by atoms with van der Waals surface area (Å²) >= 11 is 0. The van der Waals surface area contributed by atoms with E-state index >= 15 is 0 Å². The van der Waals surface area contributed by atoms with Crippen LogP contribution in [0.5, 0.6) is 17.2 Å². The topological polar surface area (TPSA) is 110 Å². The Kier molecular flexibility index (Phi) is 7.00. The molecule has 35 heavy (non-hydrogen) atoms. The van der Waals surface area contributed by atoms with Crippen molar-refractivity contribution in [3.8, 4) is 17.2 Å². The van der Waals surface area contributed by atoms with E-state index in [1.165, 1.54) is 33.9 Å². The number of methoxy groups -OCH3 is 3. The van der Waals surface area contributed by atoms with E-state index in [-0.39, 0.29) is 18.0 Å². The van der Waals surface area contributed by atoms with Crippen molar-refractivity contribution in [2.45, 2.75) is 20.0 Å². The van der Waals surface area contributed by atoms with E-state index in [0.29, 0.717) is 46.9 Å². The van der Waals surface area contributed by atoms with Gasteiger partial charge in [0.15, 0.2) is 17.1 Å². The van der Waals surface area contributed by atoms with Gasteiger partial charge in [0.25, 0.3) is 11.5 Å². The van der Waals surface area contributed by atoms with Gasteiger partial charge in [0, 0.05) is 12.1 Å². The zero-order chi connectivity index (χ0) is 24.9. The van der Waals surface area contributed by atoms with Gasteiger partial charge in [-0.1, -0.05) is 29.8 Å². The van der Waals surface area contributed by atoms with Gasteiger partial charge in [0.05, 0.1) is 40.6 Å². The summed E-state index contributed by atoms with van der Waals surface area (Å²) in [6.45, 7) is 3.06. The molecular weight excluding hydrogens is 450 g/mol. The van der Waals surface area contributed by atoms with Crippen LogP contribution in [0.3, 0.4) is 0 Å². The van der Waals surface area contributed by atoms with Crippen molar-refractivity contribution in [2.75, 3.05) is 27.9 Å². The maximum absolute atomic E-state index is 12.9. The van der Waals surface area contributed by atoms with Gasteiger partial charge in [-0.2, -0.15) is 5.10 Å². The number of rotatable bonds is 9. The van der Waals surface area contributed by atoms with Crippen LogP contribution in [0, 0.1) is 6.92 Å². The first-order chi connectivity index (χ1) is 16.9. The summed E-state index contributed by atoms with van der Waals surface area (Å²) in [5.41, 5.74) is 2.82. The Labute approximate surface area is 202 Å². The monoisotopic (exact) mass is 477 g/mol. The number of nitrogens with zero attached hydrogens (tertiary/aromatic N) is 4. The molecule has 0 aliphatic rings. The first kappa shape index (κ1) is 23.8. The molecule has 0 fully saturated rings. The molecular formula is C25H27N5O5. The molecule has 182 valence electrons. The largest absolute Gasteiger partial charge is 0.493 e. The number of nitrogens with one attached hydrogen (secondary N) is 1. The van der Waals surface area contributed by atoms with E-state index in [0.717, 1.165) is 11.1 Å². The Morgan fingerprint density at radius 3 is 2.46 bits per heavy atom. The van der Waals surface area contributed by atoms with Crippen molar-refractivity contribution < 1.29 is 19.0 Å². The van der Waals surface area contributed by atoms with E-state index in [4.69, 9.17) is 14.2 Å². The average molecular weight is 478 g/mol. The summed E-state index contributed by atoms with van der Waals surface area (Å²) in [6, 6.07) is 11.2. The molecule has 4 rings (SSSR count). The fraction of sp³-hybridized carbons (Fsp3) is 0.280. The number of amides is 1. The van der Waals surface area contributed by atoms with Crippen LogP contribution >= 0.6 is 0 Å². The number of ether oxygens (including phenoxy) is 3. The Hall–Kier alpha value is -4.34. The molecule has 0 aliphatic carbocycles. The Morgan fingerprint density at radius 2 is 1.80 bits per heavy atom. The third kappa shape index (κ3) is 4.96. The molecule has 0 atom stereocenters. The molecule has 0 saturated heterocycles. The van der Waals surface area contributed by atoms with E-state index in [2.05, 4.69) is 15.4 Å². The summed E-state index contributed by atoms with van der Waals surface area (Å²) in [5.74, 6) is 0.880. The zero-order valence-electron chi connectivity index (χ0n) is 20.1. The van der Waals surface area contributed by atoms with E-state index < -0.39 is 0 Å². The lowest BCUT2D eigenvalue weighted by atomic mass is 10.1. The molecule has 4 aromatic rings. The lowest BCUT2D eigenvalue weighted by molar-refractivity contribution is 0.0951. The second kappa shape index (κ2) is 10.3. The molecule has 0 aliphatic heterocycles. The van der Waals surface area contributed by atoms with Crippen LogP contribution in [0.15, 0.2) is 53.7 Å². The van der Waals surface area contributed by atoms with Crippen molar-refractivity contribution in [3.05, 3.63) is 76.0 Å². The fourth-order valence-corrected chi connectivity index (χ4v) is 3.87. The first-order valence-electron chi connectivity index (χ1n) is 11.0. The van der Waals surface area contributed by atoms with Gasteiger partial charge in [-0.3, -0.25) is 14.2 Å². The maximum atomic E-state index is 12.9. The lowest BCUT2D eigenvalue weighted by Gasteiger charge is -2.14. The third-order valence-corrected chi connectivity index (χ3v) is 5.59. The standard InChI is InChI=1S/C25H27N5O5/c1-16-6-5-7-17(10-16)14-29-15-27-23-19(25(29)32)13-28-30(23)9-8-26-24(31)18-11-20(33-2)22(35-4)21(12-18)34-3/h5-7,10-13,15H,8-9,14H2,1-4H3,(H,26,31). The molecule has 0 spiro atoms. The number of carbonyl (C=O) groups excluding carboxylic acids is 1. The van der Waals surface area contributed by atoms with Crippen LogP contribution in [0.2, 0.25) is 0 Å². The van der Waals surface area contributed by atoms with E-state index in [1.807, 2.05) is 31.2 Å². The number of fused-ring (bicyclic) bond motifs is 1. The maximum Gasteiger partial charge on any atom is 0.264 e. The smallest absolute Gasteiger partial charge is 0.264 e. The minimum Gasteiger partial charge on any atom is -0.493 e. The second-order valence-electron chi connectivity index (χ2n) is 7.94. The highest BCUT2D eigenvalue weighted by atomic mass is 16.5. The van der Waals surface area contributed by atoms with Gasteiger partial charge in [0.1, 0.15) is 11.7 Å². The molecule has 0 unspecified atom stereocenters. The third-order valence-electron chi connectivity index (χ3n) is 5.59. The normalized spacial score (nSPS) is 10.9. The van der Waals surface area contributed by atoms with E-state index in [9.17, 15) is 9.59 Å².